The van der Waals surface area contributed by atoms with Gasteiger partial charge >= 0.3 is 0 Å². The molecule has 2 aromatic heterocycles. The molecule has 0 bridgehead atoms. The summed E-state index contributed by atoms with van der Waals surface area (Å²) in [6.45, 7) is 0. The van der Waals surface area contributed by atoms with E-state index in [0.29, 0.717) is 16.6 Å². The van der Waals surface area contributed by atoms with Gasteiger partial charge in [0, 0.05) is 6.20 Å². The molecule has 0 atom stereocenters. The average molecular weight is 404 g/mol. The van der Waals surface area contributed by atoms with Crippen LogP contribution < -0.4 is 5.32 Å². The van der Waals surface area contributed by atoms with Gasteiger partial charge in [0.25, 0.3) is 5.91 Å². The van der Waals surface area contributed by atoms with Gasteiger partial charge in [-0.15, -0.1) is 0 Å². The summed E-state index contributed by atoms with van der Waals surface area (Å²) < 4.78 is 0. The summed E-state index contributed by atoms with van der Waals surface area (Å²) in [5.74, 6) is -0.203. The Morgan fingerprint density at radius 3 is 1.77 bits per heavy atom. The van der Waals surface area contributed by atoms with Gasteiger partial charge in [-0.2, -0.15) is 5.10 Å². The zero-order valence-corrected chi connectivity index (χ0v) is 16.7. The van der Waals surface area contributed by atoms with Crippen LogP contribution in [0.3, 0.4) is 0 Å². The number of carbonyl (C=O) groups excluding carboxylic acids is 1. The molecule has 1 amide bonds. The molecule has 5 rings (SSSR count). The van der Waals surface area contributed by atoms with Crippen LogP contribution >= 0.6 is 0 Å². The Kier molecular flexibility index (Phi) is 4.77. The minimum absolute atomic E-state index is 0.203. The van der Waals surface area contributed by atoms with Gasteiger partial charge in [-0.25, -0.2) is 4.98 Å². The zero-order valence-electron chi connectivity index (χ0n) is 16.7. The Morgan fingerprint density at radius 2 is 1.26 bits per heavy atom. The maximum atomic E-state index is 13.7. The van der Waals surface area contributed by atoms with Crippen LogP contribution in [0.25, 0.3) is 11.0 Å². The molecule has 0 fully saturated rings. The lowest BCUT2D eigenvalue weighted by Crippen LogP contribution is -2.47. The minimum atomic E-state index is -0.875. The van der Waals surface area contributed by atoms with Gasteiger partial charge in [0.05, 0.1) is 17.1 Å². The van der Waals surface area contributed by atoms with Gasteiger partial charge in [0.15, 0.2) is 5.65 Å². The highest BCUT2D eigenvalue weighted by Gasteiger charge is 2.38. The molecule has 5 aromatic rings. The number of hydrogen-bond donors (Lipinski definition) is 2. The maximum Gasteiger partial charge on any atom is 0.253 e. The lowest BCUT2D eigenvalue weighted by atomic mass is 9.76. The van der Waals surface area contributed by atoms with Gasteiger partial charge in [0.2, 0.25) is 0 Å². The molecule has 0 unspecified atom stereocenters. The highest BCUT2D eigenvalue weighted by Crippen LogP contribution is 2.37. The Bertz CT molecular complexity index is 1220. The van der Waals surface area contributed by atoms with E-state index in [2.05, 4.69) is 20.5 Å². The van der Waals surface area contributed by atoms with Crippen LogP contribution in [0.15, 0.2) is 109 Å². The first kappa shape index (κ1) is 18.8. The molecular formula is C26H20N4O. The molecule has 0 aliphatic rings. The van der Waals surface area contributed by atoms with E-state index in [-0.39, 0.29) is 5.91 Å². The fraction of sp³-hybridized carbons (Fsp3) is 0.0385. The van der Waals surface area contributed by atoms with Crippen LogP contribution in [0.4, 0.5) is 0 Å². The minimum Gasteiger partial charge on any atom is -0.334 e. The SMILES string of the molecule is O=C(NC(c1ccccc1)(c1ccccc1)c1ccccc1)c1ccnc2[nH]ncc12. The van der Waals surface area contributed by atoms with Gasteiger partial charge in [-0.1, -0.05) is 91.0 Å². The summed E-state index contributed by atoms with van der Waals surface area (Å²) in [5.41, 5.74) is 3.14. The number of aromatic nitrogens is 3. The van der Waals surface area contributed by atoms with Crippen molar-refractivity contribution in [3.05, 3.63) is 132 Å². The number of amides is 1. The lowest BCUT2D eigenvalue weighted by Gasteiger charge is -2.37. The zero-order chi connectivity index (χ0) is 21.1. The van der Waals surface area contributed by atoms with Crippen molar-refractivity contribution in [3.63, 3.8) is 0 Å². The van der Waals surface area contributed by atoms with Crippen molar-refractivity contribution in [3.8, 4) is 0 Å². The van der Waals surface area contributed by atoms with Crippen molar-refractivity contribution < 1.29 is 4.79 Å². The number of pyridine rings is 1. The second-order valence-electron chi connectivity index (χ2n) is 7.29. The standard InChI is InChI=1S/C26H20N4O/c31-25(22-16-17-27-24-23(22)18-28-30-24)29-26(19-10-4-1-5-11-19,20-12-6-2-7-13-20)21-14-8-3-9-15-21/h1-18H,(H,29,31)(H,27,28,30). The van der Waals surface area contributed by atoms with Crippen molar-refractivity contribution in [2.75, 3.05) is 0 Å². The summed E-state index contributed by atoms with van der Waals surface area (Å²) in [7, 11) is 0. The number of fused-ring (bicyclic) bond motifs is 1. The first-order chi connectivity index (χ1) is 15.3. The third kappa shape index (κ3) is 3.26. The Morgan fingerprint density at radius 1 is 0.742 bits per heavy atom. The number of carbonyl (C=O) groups is 1. The average Bonchev–Trinajstić information content (AvgIpc) is 3.33. The van der Waals surface area contributed by atoms with Crippen molar-refractivity contribution in [2.45, 2.75) is 5.54 Å². The third-order valence-corrected chi connectivity index (χ3v) is 5.52. The number of H-pyrrole nitrogens is 1. The highest BCUT2D eigenvalue weighted by atomic mass is 16.1. The molecule has 5 nitrogen and oxygen atoms in total. The second kappa shape index (κ2) is 7.88. The largest absolute Gasteiger partial charge is 0.334 e. The third-order valence-electron chi connectivity index (χ3n) is 5.52. The van der Waals surface area contributed by atoms with Gasteiger partial charge in [-0.05, 0) is 22.8 Å². The van der Waals surface area contributed by atoms with Gasteiger partial charge in [0.1, 0.15) is 5.54 Å². The van der Waals surface area contributed by atoms with Gasteiger partial charge in [-0.3, -0.25) is 9.89 Å². The van der Waals surface area contributed by atoms with Crippen LogP contribution in [0, 0.1) is 0 Å². The molecule has 2 heterocycles. The molecule has 0 aliphatic heterocycles. The Labute approximate surface area is 179 Å². The smallest absolute Gasteiger partial charge is 0.253 e. The second-order valence-corrected chi connectivity index (χ2v) is 7.29. The monoisotopic (exact) mass is 404 g/mol. The summed E-state index contributed by atoms with van der Waals surface area (Å²) in [4.78, 5) is 18.0. The predicted octanol–water partition coefficient (Wildman–Crippen LogP) is 4.68. The molecule has 0 saturated heterocycles. The summed E-state index contributed by atoms with van der Waals surface area (Å²) in [6.07, 6.45) is 3.25. The summed E-state index contributed by atoms with van der Waals surface area (Å²) >= 11 is 0. The first-order valence-electron chi connectivity index (χ1n) is 10.1. The molecule has 0 saturated carbocycles. The van der Waals surface area contributed by atoms with Crippen LogP contribution in [0.2, 0.25) is 0 Å². The number of nitrogens with zero attached hydrogens (tertiary/aromatic N) is 2. The number of nitrogens with one attached hydrogen (secondary N) is 2. The molecule has 150 valence electrons. The van der Waals surface area contributed by atoms with E-state index < -0.39 is 5.54 Å². The van der Waals surface area contributed by atoms with E-state index in [9.17, 15) is 4.79 Å². The fourth-order valence-electron chi connectivity index (χ4n) is 4.07. The summed E-state index contributed by atoms with van der Waals surface area (Å²) in [5, 5.41) is 10.9. The fourth-order valence-corrected chi connectivity index (χ4v) is 4.07. The maximum absolute atomic E-state index is 13.7. The number of aromatic amines is 1. The lowest BCUT2D eigenvalue weighted by molar-refractivity contribution is 0.0926. The van der Waals surface area contributed by atoms with Crippen molar-refractivity contribution in [2.24, 2.45) is 0 Å². The molecule has 31 heavy (non-hydrogen) atoms. The van der Waals surface area contributed by atoms with E-state index in [1.807, 2.05) is 91.0 Å². The highest BCUT2D eigenvalue weighted by molar-refractivity contribution is 6.05. The molecule has 0 aliphatic carbocycles. The predicted molar refractivity (Wildman–Crippen MR) is 121 cm³/mol. The molecule has 3 aromatic carbocycles. The molecule has 0 spiro atoms. The van der Waals surface area contributed by atoms with Gasteiger partial charge < -0.3 is 5.32 Å². The van der Waals surface area contributed by atoms with E-state index in [0.717, 1.165) is 16.7 Å². The van der Waals surface area contributed by atoms with E-state index in [1.54, 1.807) is 18.5 Å². The quantitative estimate of drug-likeness (QED) is 0.418. The Hall–Kier alpha value is -4.25. The van der Waals surface area contributed by atoms with Crippen LogP contribution in [-0.2, 0) is 5.54 Å². The molecule has 2 N–H and O–H groups in total. The summed E-state index contributed by atoms with van der Waals surface area (Å²) in [6, 6.07) is 31.8. The van der Waals surface area contributed by atoms with Crippen molar-refractivity contribution in [1.29, 1.82) is 0 Å². The van der Waals surface area contributed by atoms with Crippen molar-refractivity contribution >= 4 is 16.9 Å². The number of hydrogen-bond acceptors (Lipinski definition) is 3. The van der Waals surface area contributed by atoms with E-state index in [1.165, 1.54) is 0 Å². The van der Waals surface area contributed by atoms with Crippen LogP contribution in [0.5, 0.6) is 0 Å². The topological polar surface area (TPSA) is 70.7 Å². The Balaban J connectivity index is 1.74. The van der Waals surface area contributed by atoms with Crippen LogP contribution in [-0.4, -0.2) is 21.1 Å². The molecule has 0 radical (unpaired) electrons. The number of benzene rings is 3. The first-order valence-corrected chi connectivity index (χ1v) is 10.1. The van der Waals surface area contributed by atoms with E-state index >= 15 is 0 Å². The normalized spacial score (nSPS) is 11.4. The van der Waals surface area contributed by atoms with Crippen molar-refractivity contribution in [1.82, 2.24) is 20.5 Å². The van der Waals surface area contributed by atoms with E-state index in [4.69, 9.17) is 0 Å². The molecular weight excluding hydrogens is 384 g/mol. The van der Waals surface area contributed by atoms with Crippen LogP contribution in [0.1, 0.15) is 27.0 Å². The molecule has 5 heteroatoms. The number of rotatable bonds is 5.